The van der Waals surface area contributed by atoms with Crippen LogP contribution in [0.2, 0.25) is 5.02 Å². The van der Waals surface area contributed by atoms with Crippen molar-refractivity contribution in [2.45, 2.75) is 13.3 Å². The van der Waals surface area contributed by atoms with Crippen LogP contribution < -0.4 is 5.32 Å². The predicted octanol–water partition coefficient (Wildman–Crippen LogP) is 5.24. The van der Waals surface area contributed by atoms with Gasteiger partial charge in [-0.1, -0.05) is 17.7 Å². The van der Waals surface area contributed by atoms with Gasteiger partial charge in [-0.15, -0.1) is 0 Å². The van der Waals surface area contributed by atoms with Crippen LogP contribution in [0.1, 0.15) is 19.0 Å². The lowest BCUT2D eigenvalue weighted by molar-refractivity contribution is -0.114. The number of H-pyrrole nitrogens is 1. The molecule has 0 radical (unpaired) electrons. The molecule has 9 heteroatoms. The zero-order valence-corrected chi connectivity index (χ0v) is 15.8. The number of carbonyl (C=O) groups is 1. The van der Waals surface area contributed by atoms with Crippen LogP contribution in [0.4, 0.5) is 14.6 Å². The Labute approximate surface area is 169 Å². The third-order valence-corrected chi connectivity index (χ3v) is 4.55. The molecule has 0 fully saturated rings. The van der Waals surface area contributed by atoms with Gasteiger partial charge in [-0.2, -0.15) is 0 Å². The molecular formula is C20H14ClF2N5O. The molecule has 4 heterocycles. The Hall–Kier alpha value is -3.39. The Balaban J connectivity index is 1.98. The molecule has 0 spiro atoms. The number of aromatic amines is 1. The van der Waals surface area contributed by atoms with Crippen molar-refractivity contribution in [1.82, 2.24) is 19.9 Å². The van der Waals surface area contributed by atoms with Gasteiger partial charge in [0.2, 0.25) is 5.91 Å². The van der Waals surface area contributed by atoms with Gasteiger partial charge in [0.05, 0.1) is 33.0 Å². The smallest absolute Gasteiger partial charge is 0.280 e. The quantitative estimate of drug-likeness (QED) is 0.479. The van der Waals surface area contributed by atoms with Gasteiger partial charge in [0.1, 0.15) is 11.5 Å². The summed E-state index contributed by atoms with van der Waals surface area (Å²) in [5.74, 6) is 0.0930. The second kappa shape index (κ2) is 7.56. The van der Waals surface area contributed by atoms with Crippen molar-refractivity contribution in [3.05, 3.63) is 59.5 Å². The van der Waals surface area contributed by atoms with Crippen LogP contribution in [0.5, 0.6) is 0 Å². The molecule has 4 aromatic rings. The summed E-state index contributed by atoms with van der Waals surface area (Å²) in [7, 11) is 0. The number of hydrogen-bond acceptors (Lipinski definition) is 4. The highest BCUT2D eigenvalue weighted by Crippen LogP contribution is 2.39. The highest BCUT2D eigenvalue weighted by molar-refractivity contribution is 6.35. The lowest BCUT2D eigenvalue weighted by atomic mass is 10.0. The van der Waals surface area contributed by atoms with Crippen molar-refractivity contribution in [2.24, 2.45) is 0 Å². The monoisotopic (exact) mass is 413 g/mol. The lowest BCUT2D eigenvalue weighted by Crippen LogP contribution is -2.07. The number of alkyl halides is 2. The minimum Gasteiger partial charge on any atom is -0.351 e. The number of nitrogens with one attached hydrogen (secondary N) is 2. The Morgan fingerprint density at radius 2 is 1.97 bits per heavy atom. The molecule has 0 bridgehead atoms. The standard InChI is InChI=1S/C20H14ClF2N5O/c1-10(29)26-15-9-11(5-7-24-15)17-16(13-3-2-4-14(27-13)20(22)23)19-18(28-17)12(21)6-8-25-19/h2-9,20,28H,1H3,(H,24,26,29). The second-order valence-corrected chi connectivity index (χ2v) is 6.66. The fourth-order valence-electron chi connectivity index (χ4n) is 3.07. The van der Waals surface area contributed by atoms with E-state index in [1.54, 1.807) is 24.3 Å². The van der Waals surface area contributed by atoms with Gasteiger partial charge >= 0.3 is 0 Å². The summed E-state index contributed by atoms with van der Waals surface area (Å²) >= 11 is 6.32. The summed E-state index contributed by atoms with van der Waals surface area (Å²) in [4.78, 5) is 27.2. The van der Waals surface area contributed by atoms with Crippen LogP contribution >= 0.6 is 11.6 Å². The van der Waals surface area contributed by atoms with Gasteiger partial charge < -0.3 is 10.3 Å². The first-order valence-electron chi connectivity index (χ1n) is 8.59. The fourth-order valence-corrected chi connectivity index (χ4v) is 3.26. The van der Waals surface area contributed by atoms with E-state index in [0.717, 1.165) is 0 Å². The molecular weight excluding hydrogens is 400 g/mol. The van der Waals surface area contributed by atoms with Crippen LogP contribution in [-0.4, -0.2) is 25.8 Å². The van der Waals surface area contributed by atoms with Gasteiger partial charge in [0, 0.05) is 24.9 Å². The summed E-state index contributed by atoms with van der Waals surface area (Å²) in [6, 6.07) is 9.45. The molecule has 0 saturated heterocycles. The number of pyridine rings is 3. The van der Waals surface area contributed by atoms with E-state index in [1.807, 2.05) is 0 Å². The molecule has 0 aliphatic heterocycles. The molecule has 0 saturated carbocycles. The number of fused-ring (bicyclic) bond motifs is 1. The van der Waals surface area contributed by atoms with Crippen LogP contribution in [0, 0.1) is 0 Å². The molecule has 0 aromatic carbocycles. The summed E-state index contributed by atoms with van der Waals surface area (Å²) in [6.45, 7) is 1.38. The molecule has 29 heavy (non-hydrogen) atoms. The molecule has 0 unspecified atom stereocenters. The first kappa shape index (κ1) is 18.9. The van der Waals surface area contributed by atoms with Gasteiger partial charge in [-0.3, -0.25) is 9.78 Å². The van der Waals surface area contributed by atoms with Gasteiger partial charge in [-0.25, -0.2) is 18.7 Å². The molecule has 0 aliphatic carbocycles. The number of rotatable bonds is 4. The maximum atomic E-state index is 13.2. The van der Waals surface area contributed by atoms with E-state index in [0.29, 0.717) is 44.4 Å². The number of hydrogen-bond donors (Lipinski definition) is 2. The number of carbonyl (C=O) groups excluding carboxylic acids is 1. The zero-order valence-electron chi connectivity index (χ0n) is 15.1. The number of aromatic nitrogens is 4. The normalized spacial score (nSPS) is 11.2. The minimum atomic E-state index is -2.70. The molecule has 4 rings (SSSR count). The minimum absolute atomic E-state index is 0.262. The van der Waals surface area contributed by atoms with Crippen LogP contribution in [0.3, 0.4) is 0 Å². The maximum Gasteiger partial charge on any atom is 0.280 e. The van der Waals surface area contributed by atoms with Crippen molar-refractivity contribution in [1.29, 1.82) is 0 Å². The van der Waals surface area contributed by atoms with E-state index in [4.69, 9.17) is 11.6 Å². The van der Waals surface area contributed by atoms with Crippen molar-refractivity contribution in [2.75, 3.05) is 5.32 Å². The number of amides is 1. The van der Waals surface area contributed by atoms with Crippen molar-refractivity contribution in [3.63, 3.8) is 0 Å². The molecule has 0 aliphatic rings. The molecule has 2 N–H and O–H groups in total. The number of anilines is 1. The van der Waals surface area contributed by atoms with E-state index in [1.165, 1.54) is 31.5 Å². The third-order valence-electron chi connectivity index (χ3n) is 4.24. The van der Waals surface area contributed by atoms with Gasteiger partial charge in [-0.05, 0) is 30.3 Å². The van der Waals surface area contributed by atoms with Crippen LogP contribution in [0.25, 0.3) is 33.5 Å². The molecule has 146 valence electrons. The zero-order chi connectivity index (χ0) is 20.5. The summed E-state index contributed by atoms with van der Waals surface area (Å²) in [6.07, 6.45) is 0.374. The Morgan fingerprint density at radius 1 is 1.17 bits per heavy atom. The highest BCUT2D eigenvalue weighted by Gasteiger charge is 2.20. The second-order valence-electron chi connectivity index (χ2n) is 6.25. The Bertz CT molecular complexity index is 1220. The van der Waals surface area contributed by atoms with Crippen LogP contribution in [-0.2, 0) is 4.79 Å². The SMILES string of the molecule is CC(=O)Nc1cc(-c2[nH]c3c(Cl)ccnc3c2-c2cccc(C(F)F)n2)ccn1. The fraction of sp³-hybridized carbons (Fsp3) is 0.100. The van der Waals surface area contributed by atoms with Crippen molar-refractivity contribution in [3.8, 4) is 22.5 Å². The van der Waals surface area contributed by atoms with Crippen LogP contribution in [0.15, 0.2) is 48.8 Å². The summed E-state index contributed by atoms with van der Waals surface area (Å²) in [5, 5.41) is 3.06. The maximum absolute atomic E-state index is 13.2. The predicted molar refractivity (Wildman–Crippen MR) is 107 cm³/mol. The molecule has 0 atom stereocenters. The van der Waals surface area contributed by atoms with Gasteiger partial charge in [0.25, 0.3) is 6.43 Å². The molecule has 1 amide bonds. The van der Waals surface area contributed by atoms with E-state index in [9.17, 15) is 13.6 Å². The van der Waals surface area contributed by atoms with Crippen molar-refractivity contribution >= 4 is 34.4 Å². The van der Waals surface area contributed by atoms with Gasteiger partial charge in [0.15, 0.2) is 0 Å². The Morgan fingerprint density at radius 3 is 2.72 bits per heavy atom. The van der Waals surface area contributed by atoms with Crippen molar-refractivity contribution < 1.29 is 13.6 Å². The average Bonchev–Trinajstić information content (AvgIpc) is 3.09. The first-order valence-corrected chi connectivity index (χ1v) is 8.97. The third kappa shape index (κ3) is 3.66. The first-order chi connectivity index (χ1) is 13.9. The van der Waals surface area contributed by atoms with E-state index < -0.39 is 6.43 Å². The summed E-state index contributed by atoms with van der Waals surface area (Å²) in [5.41, 5.74) is 2.83. The highest BCUT2D eigenvalue weighted by atomic mass is 35.5. The van der Waals surface area contributed by atoms with E-state index in [-0.39, 0.29) is 11.6 Å². The number of halogens is 3. The Kier molecular flexibility index (Phi) is 4.94. The topological polar surface area (TPSA) is 83.6 Å². The number of nitrogens with zero attached hydrogens (tertiary/aromatic N) is 3. The summed E-state index contributed by atoms with van der Waals surface area (Å²) < 4.78 is 26.4. The van der Waals surface area contributed by atoms with E-state index in [2.05, 4.69) is 25.3 Å². The largest absolute Gasteiger partial charge is 0.351 e. The average molecular weight is 414 g/mol. The molecule has 6 nitrogen and oxygen atoms in total. The lowest BCUT2D eigenvalue weighted by Gasteiger charge is -2.08. The van der Waals surface area contributed by atoms with E-state index >= 15 is 0 Å². The molecule has 4 aromatic heterocycles.